The van der Waals surface area contributed by atoms with Gasteiger partial charge in [0.25, 0.3) is 0 Å². The molecule has 3 aliphatic rings. The van der Waals surface area contributed by atoms with Crippen LogP contribution < -0.4 is 0 Å². The zero-order valence-corrected chi connectivity index (χ0v) is 11.4. The average molecular weight is 266 g/mol. The second-order valence-electron chi connectivity index (χ2n) is 6.15. The van der Waals surface area contributed by atoms with Gasteiger partial charge < -0.3 is 14.9 Å². The number of rotatable bonds is 4. The van der Waals surface area contributed by atoms with Crippen LogP contribution in [0.25, 0.3) is 0 Å². The maximum Gasteiger partial charge on any atom is 0.320 e. The molecular weight excluding hydrogens is 244 g/mol. The number of carboxylic acids is 1. The first-order valence-electron chi connectivity index (χ1n) is 7.41. The topological polar surface area (TPSA) is 60.9 Å². The molecule has 5 nitrogen and oxygen atoms in total. The Labute approximate surface area is 113 Å². The molecule has 3 atom stereocenters. The van der Waals surface area contributed by atoms with Gasteiger partial charge in [-0.15, -0.1) is 0 Å². The Kier molecular flexibility index (Phi) is 3.15. The van der Waals surface area contributed by atoms with Gasteiger partial charge in [0.15, 0.2) is 0 Å². The molecule has 106 valence electrons. The molecule has 0 aromatic rings. The van der Waals surface area contributed by atoms with Crippen LogP contribution in [-0.2, 0) is 4.79 Å². The standard InChI is InChI=1S/C14H22N2O3/c1-2-15(8-9-3-4-9)14(19)16-10-5-6-12(16)11(7-10)13(17)18/h9-12H,2-8H2,1H3,(H,17,18). The van der Waals surface area contributed by atoms with Gasteiger partial charge in [-0.3, -0.25) is 4.79 Å². The lowest BCUT2D eigenvalue weighted by Gasteiger charge is -2.30. The van der Waals surface area contributed by atoms with Crippen molar-refractivity contribution in [3.8, 4) is 0 Å². The van der Waals surface area contributed by atoms with Crippen LogP contribution in [0.3, 0.4) is 0 Å². The van der Waals surface area contributed by atoms with Crippen LogP contribution in [0.1, 0.15) is 39.0 Å². The Morgan fingerprint density at radius 2 is 2.00 bits per heavy atom. The molecule has 2 amide bonds. The van der Waals surface area contributed by atoms with Crippen molar-refractivity contribution in [1.29, 1.82) is 0 Å². The van der Waals surface area contributed by atoms with E-state index in [2.05, 4.69) is 0 Å². The monoisotopic (exact) mass is 266 g/mol. The van der Waals surface area contributed by atoms with Gasteiger partial charge in [0.1, 0.15) is 0 Å². The van der Waals surface area contributed by atoms with E-state index in [1.165, 1.54) is 12.8 Å². The van der Waals surface area contributed by atoms with E-state index in [0.29, 0.717) is 12.3 Å². The molecule has 2 heterocycles. The number of aliphatic carboxylic acids is 1. The fourth-order valence-corrected chi connectivity index (χ4v) is 3.67. The Hall–Kier alpha value is -1.26. The molecule has 2 bridgehead atoms. The maximum absolute atomic E-state index is 12.6. The molecule has 19 heavy (non-hydrogen) atoms. The Morgan fingerprint density at radius 3 is 2.53 bits per heavy atom. The highest BCUT2D eigenvalue weighted by Gasteiger charge is 2.52. The van der Waals surface area contributed by atoms with Gasteiger partial charge in [-0.25, -0.2) is 4.79 Å². The number of carbonyl (C=O) groups excluding carboxylic acids is 1. The zero-order valence-electron chi connectivity index (χ0n) is 11.4. The molecule has 0 spiro atoms. The summed E-state index contributed by atoms with van der Waals surface area (Å²) in [5.41, 5.74) is 0. The fourth-order valence-electron chi connectivity index (χ4n) is 3.67. The van der Waals surface area contributed by atoms with Crippen LogP contribution in [0.4, 0.5) is 4.79 Å². The van der Waals surface area contributed by atoms with E-state index in [-0.39, 0.29) is 24.0 Å². The molecule has 1 saturated carbocycles. The van der Waals surface area contributed by atoms with Crippen LogP contribution >= 0.6 is 0 Å². The number of carbonyl (C=O) groups is 2. The number of urea groups is 1. The van der Waals surface area contributed by atoms with E-state index < -0.39 is 5.97 Å². The zero-order chi connectivity index (χ0) is 13.6. The predicted octanol–water partition coefficient (Wildman–Crippen LogP) is 1.78. The highest BCUT2D eigenvalue weighted by Crippen LogP contribution is 2.42. The van der Waals surface area contributed by atoms with Gasteiger partial charge in [-0.1, -0.05) is 0 Å². The summed E-state index contributed by atoms with van der Waals surface area (Å²) in [7, 11) is 0. The first-order valence-corrected chi connectivity index (χ1v) is 7.41. The Bertz CT molecular complexity index is 394. The number of amides is 2. The van der Waals surface area contributed by atoms with Gasteiger partial charge in [0, 0.05) is 25.2 Å². The fraction of sp³-hybridized carbons (Fsp3) is 0.857. The van der Waals surface area contributed by atoms with Crippen molar-refractivity contribution in [3.05, 3.63) is 0 Å². The quantitative estimate of drug-likeness (QED) is 0.843. The van der Waals surface area contributed by atoms with E-state index >= 15 is 0 Å². The van der Waals surface area contributed by atoms with Crippen molar-refractivity contribution in [2.24, 2.45) is 11.8 Å². The molecule has 0 radical (unpaired) electrons. The summed E-state index contributed by atoms with van der Waals surface area (Å²) in [6.45, 7) is 3.58. The predicted molar refractivity (Wildman–Crippen MR) is 69.8 cm³/mol. The Morgan fingerprint density at radius 1 is 1.26 bits per heavy atom. The van der Waals surface area contributed by atoms with Crippen LogP contribution in [-0.4, -0.2) is 52.1 Å². The molecule has 3 rings (SSSR count). The smallest absolute Gasteiger partial charge is 0.320 e. The van der Waals surface area contributed by atoms with E-state index in [9.17, 15) is 14.7 Å². The van der Waals surface area contributed by atoms with Gasteiger partial charge in [-0.2, -0.15) is 0 Å². The highest BCUT2D eigenvalue weighted by molar-refractivity contribution is 5.79. The first kappa shape index (κ1) is 12.8. The van der Waals surface area contributed by atoms with Crippen LogP contribution in [0.2, 0.25) is 0 Å². The summed E-state index contributed by atoms with van der Waals surface area (Å²) in [4.78, 5) is 27.7. The van der Waals surface area contributed by atoms with Crippen molar-refractivity contribution in [3.63, 3.8) is 0 Å². The average Bonchev–Trinajstić information content (AvgIpc) is 3.03. The molecular formula is C14H22N2O3. The largest absolute Gasteiger partial charge is 0.481 e. The lowest BCUT2D eigenvalue weighted by molar-refractivity contribution is -0.142. The number of carboxylic acid groups (broad SMARTS) is 1. The summed E-state index contributed by atoms with van der Waals surface area (Å²) in [5, 5.41) is 9.23. The van der Waals surface area contributed by atoms with Gasteiger partial charge in [-0.05, 0) is 44.9 Å². The SMILES string of the molecule is CCN(CC1CC1)C(=O)N1C2CCC1C(C(=O)O)C2. The van der Waals surface area contributed by atoms with E-state index in [0.717, 1.165) is 25.9 Å². The minimum absolute atomic E-state index is 0.0664. The van der Waals surface area contributed by atoms with Crippen molar-refractivity contribution in [1.82, 2.24) is 9.80 Å². The second-order valence-corrected chi connectivity index (χ2v) is 6.15. The third-order valence-corrected chi connectivity index (χ3v) is 4.90. The first-order chi connectivity index (χ1) is 9.11. The summed E-state index contributed by atoms with van der Waals surface area (Å²) in [6, 6.07) is 0.167. The lowest BCUT2D eigenvalue weighted by Crippen LogP contribution is -2.47. The second kappa shape index (κ2) is 4.69. The van der Waals surface area contributed by atoms with E-state index in [1.54, 1.807) is 0 Å². The van der Waals surface area contributed by atoms with Crippen LogP contribution in [0, 0.1) is 11.8 Å². The van der Waals surface area contributed by atoms with Gasteiger partial charge in [0.05, 0.1) is 5.92 Å². The minimum atomic E-state index is -0.741. The molecule has 1 N–H and O–H groups in total. The van der Waals surface area contributed by atoms with E-state index in [4.69, 9.17) is 0 Å². The summed E-state index contributed by atoms with van der Waals surface area (Å²) < 4.78 is 0. The molecule has 1 aliphatic carbocycles. The highest BCUT2D eigenvalue weighted by atomic mass is 16.4. The van der Waals surface area contributed by atoms with Crippen molar-refractivity contribution in [2.45, 2.75) is 51.1 Å². The summed E-state index contributed by atoms with van der Waals surface area (Å²) in [5.74, 6) is -0.406. The normalized spacial score (nSPS) is 32.7. The van der Waals surface area contributed by atoms with Crippen molar-refractivity contribution < 1.29 is 14.7 Å². The van der Waals surface area contributed by atoms with E-state index in [1.807, 2.05) is 16.7 Å². The van der Waals surface area contributed by atoms with Crippen LogP contribution in [0.15, 0.2) is 0 Å². The van der Waals surface area contributed by atoms with Crippen molar-refractivity contribution in [2.75, 3.05) is 13.1 Å². The number of fused-ring (bicyclic) bond motifs is 2. The Balaban J connectivity index is 1.70. The number of nitrogens with zero attached hydrogens (tertiary/aromatic N) is 2. The van der Waals surface area contributed by atoms with Gasteiger partial charge >= 0.3 is 12.0 Å². The van der Waals surface area contributed by atoms with Gasteiger partial charge in [0.2, 0.25) is 0 Å². The summed E-state index contributed by atoms with van der Waals surface area (Å²) in [6.07, 6.45) is 4.94. The minimum Gasteiger partial charge on any atom is -0.481 e. The molecule has 5 heteroatoms. The van der Waals surface area contributed by atoms with Crippen molar-refractivity contribution >= 4 is 12.0 Å². The number of hydrogen-bond donors (Lipinski definition) is 1. The van der Waals surface area contributed by atoms with Crippen LogP contribution in [0.5, 0.6) is 0 Å². The molecule has 2 saturated heterocycles. The molecule has 0 aromatic heterocycles. The molecule has 3 fully saturated rings. The molecule has 0 aromatic carbocycles. The maximum atomic E-state index is 12.6. The third kappa shape index (κ3) is 2.19. The third-order valence-electron chi connectivity index (χ3n) is 4.90. The molecule has 3 unspecified atom stereocenters. The lowest BCUT2D eigenvalue weighted by atomic mass is 9.89. The number of hydrogen-bond acceptors (Lipinski definition) is 2. The molecule has 2 aliphatic heterocycles. The summed E-state index contributed by atoms with van der Waals surface area (Å²) >= 11 is 0.